The van der Waals surface area contributed by atoms with Crippen molar-refractivity contribution in [2.24, 2.45) is 0 Å². The third-order valence-electron chi connectivity index (χ3n) is 4.19. The summed E-state index contributed by atoms with van der Waals surface area (Å²) in [5.41, 5.74) is 1.16. The number of hydrogen-bond acceptors (Lipinski definition) is 4. The molecule has 8 heteroatoms. The molecule has 23 heavy (non-hydrogen) atoms. The summed E-state index contributed by atoms with van der Waals surface area (Å²) in [6.07, 6.45) is 1.93. The van der Waals surface area contributed by atoms with Gasteiger partial charge in [-0.05, 0) is 11.6 Å². The molecule has 1 saturated heterocycles. The highest BCUT2D eigenvalue weighted by atomic mass is 32.2. The first kappa shape index (κ1) is 16.1. The summed E-state index contributed by atoms with van der Waals surface area (Å²) < 4.78 is 30.1. The van der Waals surface area contributed by atoms with Crippen LogP contribution in [0.15, 0.2) is 24.3 Å². The van der Waals surface area contributed by atoms with Crippen LogP contribution in [0.4, 0.5) is 4.79 Å². The summed E-state index contributed by atoms with van der Waals surface area (Å²) in [6, 6.07) is 7.70. The fraction of sp³-hybridized carbons (Fsp3) is 0.533. The van der Waals surface area contributed by atoms with E-state index in [1.165, 1.54) is 10.6 Å². The Kier molecular flexibility index (Phi) is 4.45. The summed E-state index contributed by atoms with van der Waals surface area (Å²) in [5, 5.41) is 2.88. The minimum absolute atomic E-state index is 0.0475. The molecule has 2 aliphatic rings. The quantitative estimate of drug-likeness (QED) is 0.858. The van der Waals surface area contributed by atoms with E-state index in [0.29, 0.717) is 32.7 Å². The normalized spacial score (nSPS) is 21.6. The number of hydrogen-bond donors (Lipinski definition) is 1. The number of ether oxygens (including phenoxy) is 1. The highest BCUT2D eigenvalue weighted by Gasteiger charge is 2.27. The van der Waals surface area contributed by atoms with Crippen molar-refractivity contribution in [3.05, 3.63) is 29.8 Å². The molecule has 0 aliphatic carbocycles. The molecule has 1 aromatic rings. The molecule has 2 aliphatic heterocycles. The van der Waals surface area contributed by atoms with Crippen LogP contribution in [0.25, 0.3) is 0 Å². The zero-order valence-electron chi connectivity index (χ0n) is 13.1. The van der Waals surface area contributed by atoms with Crippen LogP contribution in [0.3, 0.4) is 0 Å². The summed E-state index contributed by atoms with van der Waals surface area (Å²) in [7, 11) is -3.18. The number of nitrogens with one attached hydrogen (secondary N) is 1. The Balaban J connectivity index is 1.45. The molecule has 0 bridgehead atoms. The number of carbonyl (C=O) groups is 1. The number of nitrogens with zero attached hydrogens (tertiary/aromatic N) is 2. The molecular formula is C15H21N3O4S. The van der Waals surface area contributed by atoms with Crippen LogP contribution in [0.1, 0.15) is 5.56 Å². The number of fused-ring (bicyclic) bond motifs is 1. The fourth-order valence-electron chi connectivity index (χ4n) is 2.90. The molecule has 7 nitrogen and oxygen atoms in total. The third kappa shape index (κ3) is 3.76. The Morgan fingerprint density at radius 3 is 2.61 bits per heavy atom. The van der Waals surface area contributed by atoms with Gasteiger partial charge in [0.05, 0.1) is 12.8 Å². The maximum absolute atomic E-state index is 12.2. The van der Waals surface area contributed by atoms with Crippen molar-refractivity contribution in [1.82, 2.24) is 14.5 Å². The number of carbonyl (C=O) groups excluding carboxylic acids is 1. The summed E-state index contributed by atoms with van der Waals surface area (Å²) in [5.74, 6) is 0.883. The van der Waals surface area contributed by atoms with E-state index in [9.17, 15) is 13.2 Å². The molecule has 1 N–H and O–H groups in total. The van der Waals surface area contributed by atoms with Crippen molar-refractivity contribution < 1.29 is 17.9 Å². The number of sulfonamides is 1. The molecule has 0 spiro atoms. The van der Waals surface area contributed by atoms with Gasteiger partial charge in [0.1, 0.15) is 11.9 Å². The van der Waals surface area contributed by atoms with Gasteiger partial charge in [-0.2, -0.15) is 4.31 Å². The van der Waals surface area contributed by atoms with Crippen LogP contribution in [0.5, 0.6) is 5.75 Å². The number of benzene rings is 1. The number of amides is 2. The van der Waals surface area contributed by atoms with Gasteiger partial charge in [0.15, 0.2) is 0 Å². The molecule has 126 valence electrons. The molecular weight excluding hydrogens is 318 g/mol. The Bertz CT molecular complexity index is 659. The standard InChI is InChI=1S/C15H21N3O4S/c1-23(20,21)18-8-6-17(7-9-18)15(19)16-11-13-10-12-4-2-3-5-14(12)22-13/h2-5,13H,6-11H2,1H3,(H,16,19). The average Bonchev–Trinajstić information content (AvgIpc) is 2.95. The second-order valence-electron chi connectivity index (χ2n) is 5.89. The number of para-hydroxylation sites is 1. The van der Waals surface area contributed by atoms with Crippen LogP contribution in [-0.4, -0.2) is 68.7 Å². The highest BCUT2D eigenvalue weighted by Crippen LogP contribution is 2.27. The SMILES string of the molecule is CS(=O)(=O)N1CCN(C(=O)NCC2Cc3ccccc3O2)CC1. The largest absolute Gasteiger partial charge is 0.488 e. The average molecular weight is 339 g/mol. The van der Waals surface area contributed by atoms with E-state index in [1.807, 2.05) is 24.3 Å². The first-order valence-electron chi connectivity index (χ1n) is 7.66. The van der Waals surface area contributed by atoms with E-state index in [2.05, 4.69) is 5.32 Å². The lowest BCUT2D eigenvalue weighted by Gasteiger charge is -2.33. The van der Waals surface area contributed by atoms with Crippen molar-refractivity contribution in [3.63, 3.8) is 0 Å². The zero-order valence-corrected chi connectivity index (χ0v) is 13.9. The Morgan fingerprint density at radius 2 is 1.96 bits per heavy atom. The number of rotatable bonds is 3. The Morgan fingerprint density at radius 1 is 1.26 bits per heavy atom. The second-order valence-corrected chi connectivity index (χ2v) is 7.87. The van der Waals surface area contributed by atoms with Gasteiger partial charge >= 0.3 is 6.03 Å². The van der Waals surface area contributed by atoms with Crippen LogP contribution in [0, 0.1) is 0 Å². The number of urea groups is 1. The fourth-order valence-corrected chi connectivity index (χ4v) is 3.73. The van der Waals surface area contributed by atoms with E-state index in [1.54, 1.807) is 4.90 Å². The third-order valence-corrected chi connectivity index (χ3v) is 5.49. The van der Waals surface area contributed by atoms with Crippen LogP contribution < -0.4 is 10.1 Å². The van der Waals surface area contributed by atoms with Crippen LogP contribution >= 0.6 is 0 Å². The van der Waals surface area contributed by atoms with Gasteiger partial charge < -0.3 is 15.0 Å². The van der Waals surface area contributed by atoms with Crippen molar-refractivity contribution >= 4 is 16.1 Å². The van der Waals surface area contributed by atoms with Gasteiger partial charge in [0.25, 0.3) is 0 Å². The van der Waals surface area contributed by atoms with Gasteiger partial charge in [-0.15, -0.1) is 0 Å². The maximum atomic E-state index is 12.2. The van der Waals surface area contributed by atoms with Gasteiger partial charge in [0, 0.05) is 32.6 Å². The van der Waals surface area contributed by atoms with E-state index in [-0.39, 0.29) is 12.1 Å². The Hall–Kier alpha value is -1.80. The van der Waals surface area contributed by atoms with Gasteiger partial charge in [-0.1, -0.05) is 18.2 Å². The van der Waals surface area contributed by atoms with Crippen molar-refractivity contribution in [2.75, 3.05) is 39.0 Å². The second kappa shape index (κ2) is 6.37. The summed E-state index contributed by atoms with van der Waals surface area (Å²) in [4.78, 5) is 13.8. The molecule has 0 radical (unpaired) electrons. The molecule has 1 atom stereocenters. The predicted molar refractivity (Wildman–Crippen MR) is 86.0 cm³/mol. The Labute approximate surface area is 136 Å². The van der Waals surface area contributed by atoms with Crippen molar-refractivity contribution in [1.29, 1.82) is 0 Å². The molecule has 0 aromatic heterocycles. The van der Waals surface area contributed by atoms with Gasteiger partial charge in [0.2, 0.25) is 10.0 Å². The number of piperazine rings is 1. The summed E-state index contributed by atoms with van der Waals surface area (Å²) >= 11 is 0. The molecule has 1 unspecified atom stereocenters. The molecule has 2 heterocycles. The lowest BCUT2D eigenvalue weighted by molar-refractivity contribution is 0.164. The predicted octanol–water partition coefficient (Wildman–Crippen LogP) is 0.277. The topological polar surface area (TPSA) is 79.0 Å². The van der Waals surface area contributed by atoms with E-state index >= 15 is 0 Å². The van der Waals surface area contributed by atoms with Crippen LogP contribution in [0.2, 0.25) is 0 Å². The smallest absolute Gasteiger partial charge is 0.317 e. The van der Waals surface area contributed by atoms with Gasteiger partial charge in [-0.3, -0.25) is 0 Å². The monoisotopic (exact) mass is 339 g/mol. The molecule has 1 fully saturated rings. The molecule has 2 amide bonds. The van der Waals surface area contributed by atoms with Crippen molar-refractivity contribution in [2.45, 2.75) is 12.5 Å². The van der Waals surface area contributed by atoms with E-state index < -0.39 is 10.0 Å². The first-order chi connectivity index (χ1) is 10.9. The minimum Gasteiger partial charge on any atom is -0.488 e. The highest BCUT2D eigenvalue weighted by molar-refractivity contribution is 7.88. The minimum atomic E-state index is -3.18. The summed E-state index contributed by atoms with van der Waals surface area (Å²) in [6.45, 7) is 1.95. The zero-order chi connectivity index (χ0) is 16.4. The van der Waals surface area contributed by atoms with Crippen molar-refractivity contribution in [3.8, 4) is 5.75 Å². The maximum Gasteiger partial charge on any atom is 0.317 e. The lowest BCUT2D eigenvalue weighted by atomic mass is 10.1. The first-order valence-corrected chi connectivity index (χ1v) is 9.51. The molecule has 1 aromatic carbocycles. The van der Waals surface area contributed by atoms with Gasteiger partial charge in [-0.25, -0.2) is 13.2 Å². The lowest BCUT2D eigenvalue weighted by Crippen LogP contribution is -2.53. The van der Waals surface area contributed by atoms with E-state index in [0.717, 1.165) is 17.7 Å². The van der Waals surface area contributed by atoms with E-state index in [4.69, 9.17) is 4.74 Å². The molecule has 0 saturated carbocycles. The van der Waals surface area contributed by atoms with Crippen LogP contribution in [-0.2, 0) is 16.4 Å². The molecule has 3 rings (SSSR count).